The number of fused-ring (bicyclic) bond motifs is 2. The summed E-state index contributed by atoms with van der Waals surface area (Å²) in [6.07, 6.45) is 0.811. The summed E-state index contributed by atoms with van der Waals surface area (Å²) >= 11 is 6.28. The lowest BCUT2D eigenvalue weighted by molar-refractivity contribution is 0.110. The van der Waals surface area contributed by atoms with Crippen LogP contribution in [-0.4, -0.2) is 11.6 Å². The number of nitrogens with zero attached hydrogens (tertiary/aromatic N) is 1. The average Bonchev–Trinajstić information content (AvgIpc) is 2.41. The fourth-order valence-electron chi connectivity index (χ4n) is 2.41. The molecule has 0 bridgehead atoms. The Balaban J connectivity index is 2.44. The van der Waals surface area contributed by atoms with Crippen molar-refractivity contribution in [1.29, 1.82) is 0 Å². The van der Waals surface area contributed by atoms with Crippen molar-refractivity contribution < 1.29 is 4.74 Å². The fraction of sp³-hybridized carbons (Fsp3) is 0.308. The highest BCUT2D eigenvalue weighted by Crippen LogP contribution is 2.36. The van der Waals surface area contributed by atoms with E-state index >= 15 is 0 Å². The summed E-state index contributed by atoms with van der Waals surface area (Å²) in [5.41, 5.74) is 7.67. The molecule has 2 aromatic rings. The number of benzene rings is 1. The van der Waals surface area contributed by atoms with Crippen LogP contribution in [0, 0.1) is 6.92 Å². The van der Waals surface area contributed by atoms with Gasteiger partial charge in [-0.05, 0) is 18.6 Å². The molecule has 5 heteroatoms. The molecule has 94 valence electrons. The second-order valence-corrected chi connectivity index (χ2v) is 4.85. The van der Waals surface area contributed by atoms with Crippen LogP contribution in [0.25, 0.3) is 10.9 Å². The zero-order valence-electron chi connectivity index (χ0n) is 10.1. The van der Waals surface area contributed by atoms with Gasteiger partial charge in [-0.1, -0.05) is 17.7 Å². The first-order valence-electron chi connectivity index (χ1n) is 5.87. The van der Waals surface area contributed by atoms with Crippen LogP contribution in [-0.2, 0) is 17.8 Å². The molecule has 0 spiro atoms. The summed E-state index contributed by atoms with van der Waals surface area (Å²) in [5.74, 6) is 5.67. The molecule has 0 atom stereocenters. The molecule has 0 fully saturated rings. The highest BCUT2D eigenvalue weighted by molar-refractivity contribution is 6.36. The zero-order chi connectivity index (χ0) is 12.7. The molecule has 0 unspecified atom stereocenters. The SMILES string of the molecule is Cc1ccc(Cl)c2c(NN)c3c(nc12)CCOC3. The van der Waals surface area contributed by atoms with Gasteiger partial charge in [0.25, 0.3) is 0 Å². The first kappa shape index (κ1) is 11.7. The van der Waals surface area contributed by atoms with Crippen LogP contribution in [0.15, 0.2) is 12.1 Å². The van der Waals surface area contributed by atoms with Crippen molar-refractivity contribution in [2.75, 3.05) is 12.0 Å². The van der Waals surface area contributed by atoms with Crippen LogP contribution in [0.1, 0.15) is 16.8 Å². The molecular formula is C13H14ClN3O. The van der Waals surface area contributed by atoms with E-state index in [2.05, 4.69) is 5.43 Å². The van der Waals surface area contributed by atoms with Gasteiger partial charge in [0.05, 0.1) is 35.1 Å². The summed E-state index contributed by atoms with van der Waals surface area (Å²) < 4.78 is 5.48. The number of aromatic nitrogens is 1. The number of rotatable bonds is 1. The van der Waals surface area contributed by atoms with Crippen molar-refractivity contribution in [3.63, 3.8) is 0 Å². The van der Waals surface area contributed by atoms with Gasteiger partial charge in [0.2, 0.25) is 0 Å². The molecule has 0 amide bonds. The Morgan fingerprint density at radius 3 is 3.06 bits per heavy atom. The van der Waals surface area contributed by atoms with Crippen molar-refractivity contribution in [2.45, 2.75) is 20.0 Å². The number of nitrogen functional groups attached to an aromatic ring is 1. The van der Waals surface area contributed by atoms with Gasteiger partial charge >= 0.3 is 0 Å². The monoisotopic (exact) mass is 263 g/mol. The number of hydrogen-bond acceptors (Lipinski definition) is 4. The van der Waals surface area contributed by atoms with Crippen molar-refractivity contribution in [2.24, 2.45) is 5.84 Å². The summed E-state index contributed by atoms with van der Waals surface area (Å²) in [6, 6.07) is 3.85. The number of halogens is 1. The van der Waals surface area contributed by atoms with Crippen molar-refractivity contribution in [1.82, 2.24) is 4.98 Å². The zero-order valence-corrected chi connectivity index (χ0v) is 10.8. The van der Waals surface area contributed by atoms with Crippen molar-refractivity contribution in [3.8, 4) is 0 Å². The highest BCUT2D eigenvalue weighted by Gasteiger charge is 2.20. The van der Waals surface area contributed by atoms with Gasteiger partial charge in [0.1, 0.15) is 0 Å². The second kappa shape index (κ2) is 4.39. The van der Waals surface area contributed by atoms with Crippen LogP contribution < -0.4 is 11.3 Å². The number of nitrogens with two attached hydrogens (primary N) is 1. The van der Waals surface area contributed by atoms with E-state index < -0.39 is 0 Å². The summed E-state index contributed by atoms with van der Waals surface area (Å²) in [5, 5.41) is 1.54. The molecule has 1 aromatic carbocycles. The molecule has 3 rings (SSSR count). The topological polar surface area (TPSA) is 60.2 Å². The Morgan fingerprint density at radius 2 is 2.28 bits per heavy atom. The van der Waals surface area contributed by atoms with Crippen LogP contribution in [0.4, 0.5) is 5.69 Å². The number of pyridine rings is 1. The van der Waals surface area contributed by atoms with E-state index in [9.17, 15) is 0 Å². The molecule has 4 nitrogen and oxygen atoms in total. The minimum absolute atomic E-state index is 0.530. The molecule has 0 saturated carbocycles. The second-order valence-electron chi connectivity index (χ2n) is 4.45. The first-order valence-corrected chi connectivity index (χ1v) is 6.25. The molecule has 2 heterocycles. The number of anilines is 1. The van der Waals surface area contributed by atoms with Crippen LogP contribution in [0.2, 0.25) is 5.02 Å². The van der Waals surface area contributed by atoms with Gasteiger partial charge < -0.3 is 10.2 Å². The van der Waals surface area contributed by atoms with Crippen molar-refractivity contribution in [3.05, 3.63) is 34.0 Å². The third-order valence-corrected chi connectivity index (χ3v) is 3.66. The van der Waals surface area contributed by atoms with E-state index in [-0.39, 0.29) is 0 Å². The smallest absolute Gasteiger partial charge is 0.0771 e. The normalized spacial score (nSPS) is 14.6. The highest BCUT2D eigenvalue weighted by atomic mass is 35.5. The van der Waals surface area contributed by atoms with Gasteiger partial charge in [-0.3, -0.25) is 10.8 Å². The largest absolute Gasteiger partial charge is 0.376 e. The maximum Gasteiger partial charge on any atom is 0.0771 e. The standard InChI is InChI=1S/C13H14ClN3O/c1-7-2-3-9(14)11-12(7)16-10-4-5-18-6-8(10)13(11)17-15/h2-3H,4-6,15H2,1H3,(H,16,17). The van der Waals surface area contributed by atoms with Gasteiger partial charge in [0, 0.05) is 17.4 Å². The number of hydrazine groups is 1. The minimum atomic E-state index is 0.530. The Kier molecular flexibility index (Phi) is 2.86. The predicted octanol–water partition coefficient (Wildman–Crippen LogP) is 2.55. The van der Waals surface area contributed by atoms with E-state index in [1.165, 1.54) is 0 Å². The Hall–Kier alpha value is -1.36. The molecule has 1 aliphatic rings. The predicted molar refractivity (Wildman–Crippen MR) is 72.7 cm³/mol. The molecule has 0 saturated heterocycles. The quantitative estimate of drug-likeness (QED) is 0.613. The van der Waals surface area contributed by atoms with Gasteiger partial charge in [-0.25, -0.2) is 0 Å². The third-order valence-electron chi connectivity index (χ3n) is 3.35. The minimum Gasteiger partial charge on any atom is -0.376 e. The van der Waals surface area contributed by atoms with Crippen LogP contribution in [0.3, 0.4) is 0 Å². The molecule has 0 aliphatic carbocycles. The fourth-order valence-corrected chi connectivity index (χ4v) is 2.66. The summed E-state index contributed by atoms with van der Waals surface area (Å²) in [7, 11) is 0. The molecule has 18 heavy (non-hydrogen) atoms. The van der Waals surface area contributed by atoms with E-state index in [1.54, 1.807) is 0 Å². The number of aryl methyl sites for hydroxylation is 1. The van der Waals surface area contributed by atoms with E-state index in [0.717, 1.165) is 39.8 Å². The maximum absolute atomic E-state index is 6.28. The van der Waals surface area contributed by atoms with Gasteiger partial charge in [0.15, 0.2) is 0 Å². The van der Waals surface area contributed by atoms with Crippen LogP contribution >= 0.6 is 11.6 Å². The van der Waals surface area contributed by atoms with E-state index in [1.807, 2.05) is 19.1 Å². The van der Waals surface area contributed by atoms with Gasteiger partial charge in [-0.15, -0.1) is 0 Å². The number of ether oxygens (including phenoxy) is 1. The van der Waals surface area contributed by atoms with Crippen molar-refractivity contribution >= 4 is 28.2 Å². The maximum atomic E-state index is 6.28. The lowest BCUT2D eigenvalue weighted by Crippen LogP contribution is -2.18. The number of hydrogen-bond donors (Lipinski definition) is 2. The lowest BCUT2D eigenvalue weighted by Gasteiger charge is -2.21. The Morgan fingerprint density at radius 1 is 1.44 bits per heavy atom. The molecular weight excluding hydrogens is 250 g/mol. The van der Waals surface area contributed by atoms with E-state index in [0.29, 0.717) is 18.2 Å². The summed E-state index contributed by atoms with van der Waals surface area (Å²) in [6.45, 7) is 3.26. The lowest BCUT2D eigenvalue weighted by atomic mass is 10.0. The molecule has 3 N–H and O–H groups in total. The van der Waals surface area contributed by atoms with Crippen LogP contribution in [0.5, 0.6) is 0 Å². The first-order chi connectivity index (χ1) is 8.72. The molecule has 1 aliphatic heterocycles. The Labute approximate surface area is 110 Å². The average molecular weight is 264 g/mol. The summed E-state index contributed by atoms with van der Waals surface area (Å²) in [4.78, 5) is 4.72. The molecule has 0 radical (unpaired) electrons. The molecule has 1 aromatic heterocycles. The van der Waals surface area contributed by atoms with Gasteiger partial charge in [-0.2, -0.15) is 0 Å². The number of nitrogens with one attached hydrogen (secondary N) is 1. The third kappa shape index (κ3) is 1.65. The Bertz CT molecular complexity index is 627. The van der Waals surface area contributed by atoms with E-state index in [4.69, 9.17) is 27.2 Å².